The molecule has 1 aromatic heterocycles. The van der Waals surface area contributed by atoms with Crippen molar-refractivity contribution in [2.45, 2.75) is 19.4 Å². The van der Waals surface area contributed by atoms with Crippen molar-refractivity contribution in [3.05, 3.63) is 83.7 Å². The fourth-order valence-electron chi connectivity index (χ4n) is 2.79. The molecule has 5 nitrogen and oxygen atoms in total. The number of aryl methyl sites for hydroxylation is 1. The molecule has 5 heteroatoms. The highest BCUT2D eigenvalue weighted by molar-refractivity contribution is 6.04. The number of carbonyl (C=O) groups is 2. The van der Waals surface area contributed by atoms with Gasteiger partial charge in [-0.1, -0.05) is 48.0 Å². The third kappa shape index (κ3) is 4.00. The molecule has 0 radical (unpaired) electrons. The second kappa shape index (κ2) is 7.70. The van der Waals surface area contributed by atoms with Crippen molar-refractivity contribution in [3.63, 3.8) is 0 Å². The molecule has 1 unspecified atom stereocenters. The fraction of sp³-hybridized carbons (Fsp3) is 0.143. The van der Waals surface area contributed by atoms with Crippen molar-refractivity contribution in [1.82, 2.24) is 10.3 Å². The molecule has 3 N–H and O–H groups in total. The van der Waals surface area contributed by atoms with Crippen LogP contribution in [0.4, 0.5) is 0 Å². The number of carboxylic acid groups (broad SMARTS) is 1. The number of benzene rings is 2. The van der Waals surface area contributed by atoms with Crippen LogP contribution < -0.4 is 5.32 Å². The SMILES string of the molecule is Cc1ccc(C(=O)/C=C/NC(Cc2c[nH]c3ccccc23)C(=O)O)cc1. The molecule has 0 aliphatic heterocycles. The maximum absolute atomic E-state index is 12.1. The molecule has 26 heavy (non-hydrogen) atoms. The van der Waals surface area contributed by atoms with Crippen molar-refractivity contribution >= 4 is 22.7 Å². The summed E-state index contributed by atoms with van der Waals surface area (Å²) in [5.74, 6) is -1.14. The first-order valence-electron chi connectivity index (χ1n) is 8.36. The molecule has 0 aliphatic carbocycles. The Labute approximate surface area is 151 Å². The second-order valence-electron chi connectivity index (χ2n) is 6.18. The smallest absolute Gasteiger partial charge is 0.326 e. The number of aliphatic carboxylic acids is 1. The molecule has 2 aromatic carbocycles. The van der Waals surface area contributed by atoms with Crippen molar-refractivity contribution < 1.29 is 14.7 Å². The van der Waals surface area contributed by atoms with E-state index in [9.17, 15) is 14.7 Å². The van der Waals surface area contributed by atoms with Gasteiger partial charge in [0.25, 0.3) is 0 Å². The number of ketones is 1. The zero-order chi connectivity index (χ0) is 18.5. The lowest BCUT2D eigenvalue weighted by molar-refractivity contribution is -0.139. The minimum Gasteiger partial charge on any atom is -0.480 e. The van der Waals surface area contributed by atoms with Crippen LogP contribution in [0.5, 0.6) is 0 Å². The maximum Gasteiger partial charge on any atom is 0.326 e. The summed E-state index contributed by atoms with van der Waals surface area (Å²) >= 11 is 0. The summed E-state index contributed by atoms with van der Waals surface area (Å²) in [5.41, 5.74) is 3.53. The van der Waals surface area contributed by atoms with E-state index in [1.54, 1.807) is 12.1 Å². The van der Waals surface area contributed by atoms with E-state index in [1.165, 1.54) is 12.3 Å². The molecule has 1 atom stereocenters. The van der Waals surface area contributed by atoms with Crippen molar-refractivity contribution in [2.75, 3.05) is 0 Å². The van der Waals surface area contributed by atoms with E-state index in [1.807, 2.05) is 49.5 Å². The molecule has 0 spiro atoms. The number of aromatic nitrogens is 1. The fourth-order valence-corrected chi connectivity index (χ4v) is 2.79. The molecule has 3 rings (SSSR count). The molecular weight excluding hydrogens is 328 g/mol. The highest BCUT2D eigenvalue weighted by Crippen LogP contribution is 2.19. The van der Waals surface area contributed by atoms with Gasteiger partial charge in [-0.2, -0.15) is 0 Å². The minimum atomic E-state index is -0.970. The van der Waals surface area contributed by atoms with E-state index in [0.717, 1.165) is 22.0 Å². The van der Waals surface area contributed by atoms with E-state index < -0.39 is 12.0 Å². The number of nitrogens with one attached hydrogen (secondary N) is 2. The number of fused-ring (bicyclic) bond motifs is 1. The first-order chi connectivity index (χ1) is 12.5. The van der Waals surface area contributed by atoms with Crippen LogP contribution in [-0.2, 0) is 11.2 Å². The van der Waals surface area contributed by atoms with Gasteiger partial charge in [0.05, 0.1) is 0 Å². The van der Waals surface area contributed by atoms with E-state index in [2.05, 4.69) is 10.3 Å². The number of carboxylic acids is 1. The highest BCUT2D eigenvalue weighted by atomic mass is 16.4. The molecule has 1 heterocycles. The predicted octanol–water partition coefficient (Wildman–Crippen LogP) is 3.46. The van der Waals surface area contributed by atoms with Crippen LogP contribution in [0.15, 0.2) is 67.0 Å². The molecule has 0 saturated heterocycles. The molecule has 0 aliphatic rings. The highest BCUT2D eigenvalue weighted by Gasteiger charge is 2.18. The standard InChI is InChI=1S/C21H20N2O3/c1-14-6-8-15(9-7-14)20(24)10-11-22-19(21(25)26)12-16-13-23-18-5-3-2-4-17(16)18/h2-11,13,19,22-23H,12H2,1H3,(H,25,26)/b11-10+. The summed E-state index contributed by atoms with van der Waals surface area (Å²) in [6.07, 6.45) is 4.90. The Kier molecular flexibility index (Phi) is 5.17. The van der Waals surface area contributed by atoms with E-state index in [0.29, 0.717) is 12.0 Å². The number of hydrogen-bond acceptors (Lipinski definition) is 3. The van der Waals surface area contributed by atoms with Crippen molar-refractivity contribution in [1.29, 1.82) is 0 Å². The first kappa shape index (κ1) is 17.5. The third-order valence-electron chi connectivity index (χ3n) is 4.27. The van der Waals surface area contributed by atoms with Crippen LogP contribution in [0, 0.1) is 6.92 Å². The molecule has 3 aromatic rings. The monoisotopic (exact) mass is 348 g/mol. The quantitative estimate of drug-likeness (QED) is 0.451. The Hall–Kier alpha value is -3.34. The van der Waals surface area contributed by atoms with Gasteiger partial charge in [0.1, 0.15) is 6.04 Å². The lowest BCUT2D eigenvalue weighted by Gasteiger charge is -2.12. The number of para-hydroxylation sites is 1. The van der Waals surface area contributed by atoms with Gasteiger partial charge in [0, 0.05) is 41.4 Å². The Bertz CT molecular complexity index is 955. The van der Waals surface area contributed by atoms with Crippen LogP contribution in [0.1, 0.15) is 21.5 Å². The Morgan fingerprint density at radius 3 is 2.62 bits per heavy atom. The second-order valence-corrected chi connectivity index (χ2v) is 6.18. The molecular formula is C21H20N2O3. The lowest BCUT2D eigenvalue weighted by atomic mass is 10.1. The van der Waals surface area contributed by atoms with Crippen LogP contribution in [-0.4, -0.2) is 27.9 Å². The van der Waals surface area contributed by atoms with Gasteiger partial charge in [-0.3, -0.25) is 4.79 Å². The number of allylic oxidation sites excluding steroid dienone is 1. The average Bonchev–Trinajstić information content (AvgIpc) is 3.04. The summed E-state index contributed by atoms with van der Waals surface area (Å²) in [7, 11) is 0. The summed E-state index contributed by atoms with van der Waals surface area (Å²) < 4.78 is 0. The van der Waals surface area contributed by atoms with Gasteiger partial charge in [-0.15, -0.1) is 0 Å². The lowest BCUT2D eigenvalue weighted by Crippen LogP contribution is -2.35. The van der Waals surface area contributed by atoms with Crippen molar-refractivity contribution in [2.24, 2.45) is 0 Å². The van der Waals surface area contributed by atoms with Crippen molar-refractivity contribution in [3.8, 4) is 0 Å². The first-order valence-corrected chi connectivity index (χ1v) is 8.36. The van der Waals surface area contributed by atoms with Crippen LogP contribution in [0.25, 0.3) is 10.9 Å². The zero-order valence-electron chi connectivity index (χ0n) is 14.4. The normalized spacial score (nSPS) is 12.3. The largest absolute Gasteiger partial charge is 0.480 e. The summed E-state index contributed by atoms with van der Waals surface area (Å²) in [4.78, 5) is 26.8. The number of H-pyrrole nitrogens is 1. The molecule has 0 amide bonds. The predicted molar refractivity (Wildman–Crippen MR) is 101 cm³/mol. The van der Waals surface area contributed by atoms with Gasteiger partial charge in [-0.25, -0.2) is 4.79 Å². The Morgan fingerprint density at radius 2 is 1.88 bits per heavy atom. The topological polar surface area (TPSA) is 82.2 Å². The maximum atomic E-state index is 12.1. The van der Waals surface area contributed by atoms with Gasteiger partial charge < -0.3 is 15.4 Å². The minimum absolute atomic E-state index is 0.172. The summed E-state index contributed by atoms with van der Waals surface area (Å²) in [6, 6.07) is 14.2. The van der Waals surface area contributed by atoms with Gasteiger partial charge >= 0.3 is 5.97 Å². The molecule has 132 valence electrons. The number of rotatable bonds is 7. The summed E-state index contributed by atoms with van der Waals surface area (Å²) in [5, 5.41) is 13.3. The number of hydrogen-bond donors (Lipinski definition) is 3. The number of carbonyl (C=O) groups excluding carboxylic acids is 1. The van der Waals surface area contributed by atoms with Crippen LogP contribution in [0.3, 0.4) is 0 Å². The van der Waals surface area contributed by atoms with Crippen LogP contribution >= 0.6 is 0 Å². The molecule has 0 saturated carbocycles. The van der Waals surface area contributed by atoms with E-state index >= 15 is 0 Å². The Morgan fingerprint density at radius 1 is 1.15 bits per heavy atom. The third-order valence-corrected chi connectivity index (χ3v) is 4.27. The van der Waals surface area contributed by atoms with Gasteiger partial charge in [-0.05, 0) is 18.6 Å². The average molecular weight is 348 g/mol. The Balaban J connectivity index is 1.68. The summed E-state index contributed by atoms with van der Waals surface area (Å²) in [6.45, 7) is 1.95. The molecule has 0 bridgehead atoms. The van der Waals surface area contributed by atoms with Gasteiger partial charge in [0.15, 0.2) is 5.78 Å². The van der Waals surface area contributed by atoms with Gasteiger partial charge in [0.2, 0.25) is 0 Å². The van der Waals surface area contributed by atoms with Crippen LogP contribution in [0.2, 0.25) is 0 Å². The number of aromatic amines is 1. The van der Waals surface area contributed by atoms with E-state index in [4.69, 9.17) is 0 Å². The zero-order valence-corrected chi connectivity index (χ0v) is 14.4. The van der Waals surface area contributed by atoms with E-state index in [-0.39, 0.29) is 5.78 Å². The molecule has 0 fully saturated rings.